The van der Waals surface area contributed by atoms with Gasteiger partial charge in [0.05, 0.1) is 14.2 Å². The SMILES string of the molecule is COC(=O)CN(CC(=O)OC)C(=O)Oc1c(C#N)c(C(=O)OC2C(C(C)(C)C)CC(C)CC2C(C)(C)C)c2nc(-c3ccc(C(C)(C)C)cc3)[nH]n12. The molecule has 0 bridgehead atoms. The molecular weight excluding hydrogens is 666 g/mol. The average Bonchev–Trinajstić information content (AvgIpc) is 3.60. The van der Waals surface area contributed by atoms with Crippen LogP contribution in [0.25, 0.3) is 17.0 Å². The van der Waals surface area contributed by atoms with E-state index in [0.29, 0.717) is 17.3 Å². The number of fused-ring (bicyclic) bond motifs is 1. The summed E-state index contributed by atoms with van der Waals surface area (Å²) >= 11 is 0. The van der Waals surface area contributed by atoms with Crippen molar-refractivity contribution in [1.82, 2.24) is 19.5 Å². The van der Waals surface area contributed by atoms with Crippen molar-refractivity contribution in [2.75, 3.05) is 27.3 Å². The van der Waals surface area contributed by atoms with Crippen LogP contribution in [0.15, 0.2) is 24.3 Å². The van der Waals surface area contributed by atoms with Gasteiger partial charge in [-0.05, 0) is 40.6 Å². The zero-order valence-electron chi connectivity index (χ0n) is 32.5. The minimum atomic E-state index is -1.17. The van der Waals surface area contributed by atoms with E-state index < -0.39 is 43.2 Å². The van der Waals surface area contributed by atoms with E-state index >= 15 is 0 Å². The van der Waals surface area contributed by atoms with Crippen LogP contribution in [0.5, 0.6) is 5.88 Å². The van der Waals surface area contributed by atoms with Gasteiger partial charge in [-0.3, -0.25) is 19.6 Å². The molecule has 2 aromatic heterocycles. The van der Waals surface area contributed by atoms with Crippen molar-refractivity contribution < 1.29 is 38.1 Å². The number of aromatic nitrogens is 3. The lowest BCUT2D eigenvalue weighted by molar-refractivity contribution is -0.144. The molecule has 1 aliphatic carbocycles. The summed E-state index contributed by atoms with van der Waals surface area (Å²) in [6, 6.07) is 9.74. The highest BCUT2D eigenvalue weighted by atomic mass is 16.6. The Labute approximate surface area is 305 Å². The zero-order valence-corrected chi connectivity index (χ0v) is 32.5. The lowest BCUT2D eigenvalue weighted by atomic mass is 9.59. The van der Waals surface area contributed by atoms with Crippen LogP contribution in [0.4, 0.5) is 4.79 Å². The Kier molecular flexibility index (Phi) is 11.5. The fourth-order valence-electron chi connectivity index (χ4n) is 6.96. The highest BCUT2D eigenvalue weighted by molar-refractivity contribution is 6.01. The number of ether oxygens (including phenoxy) is 4. The number of esters is 3. The van der Waals surface area contributed by atoms with Gasteiger partial charge < -0.3 is 18.9 Å². The maximum Gasteiger partial charge on any atom is 0.417 e. The van der Waals surface area contributed by atoms with Gasteiger partial charge in [0, 0.05) is 17.4 Å². The molecule has 2 atom stereocenters. The van der Waals surface area contributed by atoms with Crippen LogP contribution in [0, 0.1) is 39.9 Å². The van der Waals surface area contributed by atoms with Crippen molar-refractivity contribution in [2.24, 2.45) is 28.6 Å². The van der Waals surface area contributed by atoms with E-state index in [0.717, 1.165) is 37.5 Å². The molecule has 1 N–H and O–H groups in total. The van der Waals surface area contributed by atoms with Gasteiger partial charge in [0.25, 0.3) is 0 Å². The molecule has 282 valence electrons. The molecule has 0 spiro atoms. The smallest absolute Gasteiger partial charge is 0.417 e. The minimum Gasteiger partial charge on any atom is -0.468 e. The molecule has 13 heteroatoms. The van der Waals surface area contributed by atoms with Crippen LogP contribution in [0.2, 0.25) is 0 Å². The third-order valence-corrected chi connectivity index (χ3v) is 9.99. The largest absolute Gasteiger partial charge is 0.468 e. The Morgan fingerprint density at radius 1 is 0.904 bits per heavy atom. The number of amides is 1. The Hall–Kier alpha value is -4.86. The van der Waals surface area contributed by atoms with Gasteiger partial charge in [0.1, 0.15) is 36.4 Å². The second kappa shape index (κ2) is 15.0. The van der Waals surface area contributed by atoms with Gasteiger partial charge >= 0.3 is 24.0 Å². The molecular formula is C39H53N5O8. The maximum absolute atomic E-state index is 14.5. The number of rotatable bonds is 8. The van der Waals surface area contributed by atoms with Crippen LogP contribution in [-0.4, -0.2) is 76.9 Å². The van der Waals surface area contributed by atoms with E-state index in [1.807, 2.05) is 30.3 Å². The zero-order chi connectivity index (χ0) is 38.9. The predicted octanol–water partition coefficient (Wildman–Crippen LogP) is 6.93. The summed E-state index contributed by atoms with van der Waals surface area (Å²) in [7, 11) is 2.27. The average molecular weight is 720 g/mol. The first kappa shape index (κ1) is 39.9. The number of benzene rings is 1. The van der Waals surface area contributed by atoms with Gasteiger partial charge in [-0.1, -0.05) is 93.5 Å². The number of methoxy groups -OCH3 is 2. The van der Waals surface area contributed by atoms with E-state index in [1.54, 1.807) is 0 Å². The summed E-state index contributed by atoms with van der Waals surface area (Å²) in [5.74, 6) is -1.99. The molecule has 1 amide bonds. The first-order valence-electron chi connectivity index (χ1n) is 17.6. The van der Waals surface area contributed by atoms with Crippen LogP contribution in [0.1, 0.15) is 104 Å². The molecule has 52 heavy (non-hydrogen) atoms. The molecule has 13 nitrogen and oxygen atoms in total. The van der Waals surface area contributed by atoms with Crippen molar-refractivity contribution in [3.8, 4) is 23.3 Å². The maximum atomic E-state index is 14.5. The van der Waals surface area contributed by atoms with E-state index in [9.17, 15) is 24.4 Å². The summed E-state index contributed by atoms with van der Waals surface area (Å²) in [6.45, 7) is 20.1. The molecule has 1 fully saturated rings. The Balaban J connectivity index is 1.88. The van der Waals surface area contributed by atoms with Crippen molar-refractivity contribution in [3.63, 3.8) is 0 Å². The third-order valence-electron chi connectivity index (χ3n) is 9.99. The summed E-state index contributed by atoms with van der Waals surface area (Å²) < 4.78 is 22.9. The molecule has 0 radical (unpaired) electrons. The lowest BCUT2D eigenvalue weighted by Crippen LogP contribution is -2.49. The summed E-state index contributed by atoms with van der Waals surface area (Å²) in [5.41, 5.74) is 0.819. The molecule has 0 aliphatic heterocycles. The van der Waals surface area contributed by atoms with E-state index in [1.165, 1.54) is 4.52 Å². The molecule has 0 saturated heterocycles. The number of H-pyrrole nitrogens is 1. The molecule has 4 rings (SSSR count). The van der Waals surface area contributed by atoms with Gasteiger partial charge in [0.2, 0.25) is 5.88 Å². The van der Waals surface area contributed by atoms with Crippen molar-refractivity contribution in [1.29, 1.82) is 5.26 Å². The number of hydrogen-bond donors (Lipinski definition) is 1. The van der Waals surface area contributed by atoms with Crippen molar-refractivity contribution in [3.05, 3.63) is 41.0 Å². The molecule has 3 aromatic rings. The Bertz CT molecular complexity index is 1800. The normalized spacial score (nSPS) is 19.4. The number of aromatic amines is 1. The number of carbonyl (C=O) groups excluding carboxylic acids is 4. The van der Waals surface area contributed by atoms with Crippen LogP contribution >= 0.6 is 0 Å². The minimum absolute atomic E-state index is 0.00975. The molecule has 2 unspecified atom stereocenters. The Morgan fingerprint density at radius 2 is 1.42 bits per heavy atom. The lowest BCUT2D eigenvalue weighted by Gasteiger charge is -2.50. The first-order valence-corrected chi connectivity index (χ1v) is 17.6. The van der Waals surface area contributed by atoms with Gasteiger partial charge in [-0.15, -0.1) is 0 Å². The highest BCUT2D eigenvalue weighted by Gasteiger charge is 2.48. The van der Waals surface area contributed by atoms with Crippen molar-refractivity contribution >= 4 is 29.6 Å². The summed E-state index contributed by atoms with van der Waals surface area (Å²) in [4.78, 5) is 58.0. The van der Waals surface area contributed by atoms with Gasteiger partial charge in [0.15, 0.2) is 11.5 Å². The van der Waals surface area contributed by atoms with E-state index in [-0.39, 0.29) is 50.7 Å². The standard InChI is InChI=1S/C39H53N5O8/c1-22-17-26(38(5,6)7)31(27(18-22)39(8,9)10)51-35(47)30-25(19-40)34(52-36(48)43(20-28(45)49-11)21-29(46)50-12)44-33(30)41-32(42-44)23-13-15-24(16-14-23)37(2,3)4/h13-16,22,26-27,31H,17-18,20-21H2,1-12H3,(H,41,42). The van der Waals surface area contributed by atoms with E-state index in [4.69, 9.17) is 23.9 Å². The number of nitriles is 1. The fourth-order valence-corrected chi connectivity index (χ4v) is 6.96. The van der Waals surface area contributed by atoms with Crippen LogP contribution < -0.4 is 4.74 Å². The number of hydrogen-bond acceptors (Lipinski definition) is 10. The third kappa shape index (κ3) is 8.60. The monoisotopic (exact) mass is 719 g/mol. The number of nitrogens with zero attached hydrogens (tertiary/aromatic N) is 4. The molecule has 1 aromatic carbocycles. The van der Waals surface area contributed by atoms with Crippen LogP contribution in [0.3, 0.4) is 0 Å². The second-order valence-corrected chi connectivity index (χ2v) is 17.0. The van der Waals surface area contributed by atoms with Gasteiger partial charge in [-0.25, -0.2) is 19.1 Å². The summed E-state index contributed by atoms with van der Waals surface area (Å²) in [5, 5.41) is 13.6. The van der Waals surface area contributed by atoms with Gasteiger partial charge in [-0.2, -0.15) is 5.26 Å². The quantitative estimate of drug-likeness (QED) is 0.191. The first-order chi connectivity index (χ1) is 24.1. The molecule has 1 saturated carbocycles. The molecule has 1 aliphatic rings. The molecule has 2 heterocycles. The second-order valence-electron chi connectivity index (χ2n) is 17.0. The predicted molar refractivity (Wildman–Crippen MR) is 194 cm³/mol. The van der Waals surface area contributed by atoms with Crippen molar-refractivity contribution in [2.45, 2.75) is 93.6 Å². The number of nitrogens with one attached hydrogen (secondary N) is 1. The topological polar surface area (TPSA) is 165 Å². The Morgan fingerprint density at radius 3 is 1.87 bits per heavy atom. The van der Waals surface area contributed by atoms with E-state index in [2.05, 4.69) is 74.3 Å². The fraction of sp³-hybridized carbons (Fsp3) is 0.590. The number of carbonyl (C=O) groups is 4. The van der Waals surface area contributed by atoms with Crippen LogP contribution in [-0.2, 0) is 29.2 Å². The highest BCUT2D eigenvalue weighted by Crippen LogP contribution is 2.50. The summed E-state index contributed by atoms with van der Waals surface area (Å²) in [6.07, 6.45) is 0.0791.